The molecule has 0 heterocycles. The molecule has 35 heavy (non-hydrogen) atoms. The van der Waals surface area contributed by atoms with Crippen LogP contribution in [0.1, 0.15) is 133 Å². The van der Waals surface area contributed by atoms with E-state index in [0.717, 1.165) is 41.9 Å². The van der Waals surface area contributed by atoms with E-state index < -0.39 is 0 Å². The SMILES string of the molecule is CC/C=C/CC1CCC(C2CCC(CCC3CCC(c4ccc(CCCF)cc4)CC3)CC2)CC1. The highest BCUT2D eigenvalue weighted by Gasteiger charge is 2.31. The van der Waals surface area contributed by atoms with Crippen LogP contribution in [-0.4, -0.2) is 6.67 Å². The Morgan fingerprint density at radius 2 is 1.23 bits per heavy atom. The van der Waals surface area contributed by atoms with E-state index in [4.69, 9.17) is 0 Å². The molecule has 3 aliphatic rings. The minimum atomic E-state index is -0.203. The van der Waals surface area contributed by atoms with E-state index in [2.05, 4.69) is 43.3 Å². The zero-order valence-electron chi connectivity index (χ0n) is 22.7. The molecule has 0 nitrogen and oxygen atoms in total. The minimum absolute atomic E-state index is 0.203. The lowest BCUT2D eigenvalue weighted by atomic mass is 9.68. The molecule has 1 aromatic carbocycles. The van der Waals surface area contributed by atoms with Gasteiger partial charge in [0, 0.05) is 0 Å². The predicted octanol–water partition coefficient (Wildman–Crippen LogP) is 10.6. The lowest BCUT2D eigenvalue weighted by molar-refractivity contribution is 0.140. The fourth-order valence-corrected chi connectivity index (χ4v) is 7.78. The molecule has 0 atom stereocenters. The second-order valence-electron chi connectivity index (χ2n) is 12.5. The summed E-state index contributed by atoms with van der Waals surface area (Å²) in [5.74, 6) is 5.84. The standard InChI is InChI=1S/C34H53F/c1-2-3-4-6-27-10-18-31(19-11-27)33-22-14-29(15-23-33)8-9-30-16-24-34(25-17-30)32-20-12-28(13-21-32)7-5-26-35/h3-4,12-13,20-21,27,29-31,33-34H,2,5-11,14-19,22-26H2,1H3/b4-3+. The number of alkyl halides is 1. The molecule has 0 spiro atoms. The van der Waals surface area contributed by atoms with Gasteiger partial charge in [0.2, 0.25) is 0 Å². The molecule has 0 amide bonds. The van der Waals surface area contributed by atoms with E-state index in [1.54, 1.807) is 0 Å². The molecule has 1 aromatic rings. The maximum atomic E-state index is 12.4. The second-order valence-corrected chi connectivity index (χ2v) is 12.5. The summed E-state index contributed by atoms with van der Waals surface area (Å²) in [7, 11) is 0. The Balaban J connectivity index is 1.09. The Bertz CT molecular complexity index is 709. The Kier molecular flexibility index (Phi) is 11.2. The highest BCUT2D eigenvalue weighted by atomic mass is 19.1. The van der Waals surface area contributed by atoms with E-state index in [1.165, 1.54) is 114 Å². The normalized spacial score (nSPS) is 32.2. The van der Waals surface area contributed by atoms with E-state index in [-0.39, 0.29) is 6.67 Å². The van der Waals surface area contributed by atoms with Gasteiger partial charge in [-0.05, 0) is 137 Å². The third-order valence-corrected chi connectivity index (χ3v) is 10.2. The molecule has 0 radical (unpaired) electrons. The molecule has 196 valence electrons. The molecule has 3 aliphatic carbocycles. The van der Waals surface area contributed by atoms with Crippen molar-refractivity contribution < 1.29 is 4.39 Å². The first-order valence-corrected chi connectivity index (χ1v) is 15.5. The Hall–Kier alpha value is -1.11. The van der Waals surface area contributed by atoms with Crippen LogP contribution in [-0.2, 0) is 6.42 Å². The third kappa shape index (κ3) is 8.46. The first-order chi connectivity index (χ1) is 17.2. The molecule has 3 fully saturated rings. The van der Waals surface area contributed by atoms with Crippen molar-refractivity contribution in [1.82, 2.24) is 0 Å². The first-order valence-electron chi connectivity index (χ1n) is 15.5. The van der Waals surface area contributed by atoms with Gasteiger partial charge in [-0.3, -0.25) is 4.39 Å². The fourth-order valence-electron chi connectivity index (χ4n) is 7.78. The van der Waals surface area contributed by atoms with Gasteiger partial charge in [0.25, 0.3) is 0 Å². The lowest BCUT2D eigenvalue weighted by Crippen LogP contribution is -2.26. The average molecular weight is 481 g/mol. The number of aryl methyl sites for hydroxylation is 1. The maximum Gasteiger partial charge on any atom is 0.0897 e. The van der Waals surface area contributed by atoms with Crippen LogP contribution in [0.15, 0.2) is 36.4 Å². The van der Waals surface area contributed by atoms with Gasteiger partial charge in [0.05, 0.1) is 6.67 Å². The molecule has 0 unspecified atom stereocenters. The molecule has 0 aliphatic heterocycles. The van der Waals surface area contributed by atoms with E-state index in [1.807, 2.05) is 0 Å². The molecule has 0 aromatic heterocycles. The van der Waals surface area contributed by atoms with E-state index >= 15 is 0 Å². The largest absolute Gasteiger partial charge is 0.251 e. The van der Waals surface area contributed by atoms with Crippen molar-refractivity contribution in [3.8, 4) is 0 Å². The molecular weight excluding hydrogens is 427 g/mol. The number of hydrogen-bond acceptors (Lipinski definition) is 0. The van der Waals surface area contributed by atoms with Gasteiger partial charge in [-0.15, -0.1) is 0 Å². The minimum Gasteiger partial charge on any atom is -0.251 e. The lowest BCUT2D eigenvalue weighted by Gasteiger charge is -2.38. The predicted molar refractivity (Wildman–Crippen MR) is 150 cm³/mol. The van der Waals surface area contributed by atoms with Gasteiger partial charge in [-0.2, -0.15) is 0 Å². The number of rotatable bonds is 11. The molecule has 3 saturated carbocycles. The van der Waals surface area contributed by atoms with Crippen molar-refractivity contribution >= 4 is 0 Å². The van der Waals surface area contributed by atoms with Crippen LogP contribution in [0.2, 0.25) is 0 Å². The number of halogens is 1. The van der Waals surface area contributed by atoms with Crippen molar-refractivity contribution in [2.24, 2.45) is 29.6 Å². The van der Waals surface area contributed by atoms with Crippen LogP contribution in [0.5, 0.6) is 0 Å². The molecule has 4 rings (SSSR count). The van der Waals surface area contributed by atoms with Crippen LogP contribution in [0.3, 0.4) is 0 Å². The first kappa shape index (κ1) is 26.9. The third-order valence-electron chi connectivity index (χ3n) is 10.2. The summed E-state index contributed by atoms with van der Waals surface area (Å²) in [5, 5.41) is 0. The zero-order chi connectivity index (χ0) is 24.3. The topological polar surface area (TPSA) is 0 Å². The highest BCUT2D eigenvalue weighted by molar-refractivity contribution is 5.26. The maximum absolute atomic E-state index is 12.4. The average Bonchev–Trinajstić information content (AvgIpc) is 2.92. The number of benzene rings is 1. The van der Waals surface area contributed by atoms with Gasteiger partial charge in [0.1, 0.15) is 0 Å². The Morgan fingerprint density at radius 3 is 1.77 bits per heavy atom. The fraction of sp³-hybridized carbons (Fsp3) is 0.765. The van der Waals surface area contributed by atoms with Crippen LogP contribution >= 0.6 is 0 Å². The van der Waals surface area contributed by atoms with Crippen molar-refractivity contribution in [1.29, 1.82) is 0 Å². The zero-order valence-corrected chi connectivity index (χ0v) is 22.7. The van der Waals surface area contributed by atoms with Crippen LogP contribution < -0.4 is 0 Å². The summed E-state index contributed by atoms with van der Waals surface area (Å²) in [6, 6.07) is 9.13. The van der Waals surface area contributed by atoms with E-state index in [9.17, 15) is 4.39 Å². The number of allylic oxidation sites excluding steroid dienone is 2. The summed E-state index contributed by atoms with van der Waals surface area (Å²) >= 11 is 0. The molecule has 0 bridgehead atoms. The smallest absolute Gasteiger partial charge is 0.0897 e. The van der Waals surface area contributed by atoms with Crippen LogP contribution in [0, 0.1) is 29.6 Å². The number of hydrogen-bond donors (Lipinski definition) is 0. The monoisotopic (exact) mass is 480 g/mol. The summed E-state index contributed by atoms with van der Waals surface area (Å²) in [4.78, 5) is 0. The van der Waals surface area contributed by atoms with Gasteiger partial charge in [-0.25, -0.2) is 0 Å². The van der Waals surface area contributed by atoms with Crippen molar-refractivity contribution in [2.45, 2.75) is 128 Å². The van der Waals surface area contributed by atoms with Crippen LogP contribution in [0.25, 0.3) is 0 Å². The quantitative estimate of drug-likeness (QED) is 0.276. The molecule has 0 N–H and O–H groups in total. The summed E-state index contributed by atoms with van der Waals surface area (Å²) in [6.45, 7) is 2.04. The second kappa shape index (κ2) is 14.6. The van der Waals surface area contributed by atoms with Crippen LogP contribution in [0.4, 0.5) is 4.39 Å². The van der Waals surface area contributed by atoms with Crippen molar-refractivity contribution in [3.63, 3.8) is 0 Å². The van der Waals surface area contributed by atoms with Gasteiger partial charge in [0.15, 0.2) is 0 Å². The molecular formula is C34H53F. The Labute approximate surface area is 216 Å². The summed E-state index contributed by atoms with van der Waals surface area (Å²) in [5.41, 5.74) is 2.82. The molecule has 0 saturated heterocycles. The van der Waals surface area contributed by atoms with Crippen molar-refractivity contribution in [2.75, 3.05) is 6.67 Å². The van der Waals surface area contributed by atoms with E-state index in [0.29, 0.717) is 6.42 Å². The van der Waals surface area contributed by atoms with Gasteiger partial charge in [-0.1, -0.05) is 69.0 Å². The Morgan fingerprint density at radius 1 is 0.686 bits per heavy atom. The van der Waals surface area contributed by atoms with Gasteiger partial charge >= 0.3 is 0 Å². The summed E-state index contributed by atoms with van der Waals surface area (Å²) < 4.78 is 12.4. The highest BCUT2D eigenvalue weighted by Crippen LogP contribution is 2.44. The van der Waals surface area contributed by atoms with Gasteiger partial charge < -0.3 is 0 Å². The summed E-state index contributed by atoms with van der Waals surface area (Å²) in [6.07, 6.45) is 29.6. The molecule has 1 heteroatoms. The van der Waals surface area contributed by atoms with Crippen molar-refractivity contribution in [3.05, 3.63) is 47.5 Å².